The van der Waals surface area contributed by atoms with Gasteiger partial charge in [0, 0.05) is 11.6 Å². The zero-order valence-corrected chi connectivity index (χ0v) is 11.8. The molecule has 0 amide bonds. The monoisotopic (exact) mass is 273 g/mol. The van der Waals surface area contributed by atoms with Gasteiger partial charge in [-0.2, -0.15) is 4.98 Å². The van der Waals surface area contributed by atoms with E-state index in [1.807, 2.05) is 31.2 Å². The average Bonchev–Trinajstić information content (AvgIpc) is 3.08. The number of hydrogen-bond acceptors (Lipinski definition) is 5. The zero-order chi connectivity index (χ0) is 13.9. The highest BCUT2D eigenvalue weighted by atomic mass is 16.5. The molecular weight excluding hydrogens is 254 g/mol. The van der Waals surface area contributed by atoms with Crippen molar-refractivity contribution < 1.29 is 9.26 Å². The minimum atomic E-state index is 0.139. The van der Waals surface area contributed by atoms with Crippen LogP contribution < -0.4 is 5.32 Å². The number of likely N-dealkylation sites (N-methyl/N-ethyl adjacent to an activating group) is 1. The molecule has 1 aliphatic heterocycles. The van der Waals surface area contributed by atoms with Crippen molar-refractivity contribution in [3.63, 3.8) is 0 Å². The summed E-state index contributed by atoms with van der Waals surface area (Å²) in [6, 6.07) is 8.30. The van der Waals surface area contributed by atoms with Gasteiger partial charge in [0.2, 0.25) is 11.7 Å². The number of rotatable bonds is 4. The van der Waals surface area contributed by atoms with E-state index >= 15 is 0 Å². The van der Waals surface area contributed by atoms with E-state index in [0.717, 1.165) is 17.7 Å². The van der Waals surface area contributed by atoms with Crippen molar-refractivity contribution in [3.8, 4) is 11.4 Å². The molecule has 2 heterocycles. The summed E-state index contributed by atoms with van der Waals surface area (Å²) in [7, 11) is 0. The largest absolute Gasteiger partial charge is 0.379 e. The van der Waals surface area contributed by atoms with Crippen molar-refractivity contribution >= 4 is 0 Å². The number of hydrogen-bond donors (Lipinski definition) is 1. The third kappa shape index (κ3) is 2.46. The highest BCUT2D eigenvalue weighted by Gasteiger charge is 2.33. The van der Waals surface area contributed by atoms with Gasteiger partial charge in [-0.05, 0) is 19.0 Å². The molecule has 5 heteroatoms. The molecule has 106 valence electrons. The summed E-state index contributed by atoms with van der Waals surface area (Å²) >= 11 is 0. The summed E-state index contributed by atoms with van der Waals surface area (Å²) in [6.07, 6.45) is 0. The molecule has 2 unspecified atom stereocenters. The van der Waals surface area contributed by atoms with E-state index in [1.54, 1.807) is 0 Å². The van der Waals surface area contributed by atoms with E-state index in [2.05, 4.69) is 22.4 Å². The lowest BCUT2D eigenvalue weighted by atomic mass is 10.0. The number of ether oxygens (including phenoxy) is 1. The van der Waals surface area contributed by atoms with Crippen LogP contribution in [0, 0.1) is 6.92 Å². The maximum absolute atomic E-state index is 5.53. The third-order valence-electron chi connectivity index (χ3n) is 3.69. The molecule has 3 rings (SSSR count). The lowest BCUT2D eigenvalue weighted by Gasteiger charge is -2.13. The number of nitrogens with one attached hydrogen (secondary N) is 1. The Kier molecular flexibility index (Phi) is 3.80. The van der Waals surface area contributed by atoms with Crippen LogP contribution in [0.15, 0.2) is 28.8 Å². The molecule has 1 aliphatic rings. The first-order chi connectivity index (χ1) is 9.79. The van der Waals surface area contributed by atoms with E-state index < -0.39 is 0 Å². The normalized spacial score (nSPS) is 22.3. The van der Waals surface area contributed by atoms with Crippen LogP contribution in [0.25, 0.3) is 11.4 Å². The Balaban J connectivity index is 1.85. The fourth-order valence-corrected chi connectivity index (χ4v) is 2.58. The van der Waals surface area contributed by atoms with Gasteiger partial charge in [0.25, 0.3) is 0 Å². The van der Waals surface area contributed by atoms with E-state index in [4.69, 9.17) is 9.26 Å². The minimum absolute atomic E-state index is 0.139. The molecule has 0 bridgehead atoms. The smallest absolute Gasteiger partial charge is 0.234 e. The van der Waals surface area contributed by atoms with Gasteiger partial charge in [-0.1, -0.05) is 36.3 Å². The molecule has 1 aromatic carbocycles. The summed E-state index contributed by atoms with van der Waals surface area (Å²) in [4.78, 5) is 4.56. The summed E-state index contributed by atoms with van der Waals surface area (Å²) in [5.74, 6) is 1.45. The fourth-order valence-electron chi connectivity index (χ4n) is 2.58. The van der Waals surface area contributed by atoms with Crippen LogP contribution in [-0.2, 0) is 4.74 Å². The second kappa shape index (κ2) is 5.73. The molecule has 1 fully saturated rings. The van der Waals surface area contributed by atoms with Crippen molar-refractivity contribution in [1.82, 2.24) is 15.5 Å². The first-order valence-electron chi connectivity index (χ1n) is 7.00. The van der Waals surface area contributed by atoms with Gasteiger partial charge < -0.3 is 14.6 Å². The molecule has 1 N–H and O–H groups in total. The maximum atomic E-state index is 5.53. The SMILES string of the molecule is CCNC1COCC1c1nc(-c2ccccc2C)no1. The van der Waals surface area contributed by atoms with Crippen molar-refractivity contribution in [2.24, 2.45) is 0 Å². The zero-order valence-electron chi connectivity index (χ0n) is 11.8. The molecule has 2 atom stereocenters. The molecule has 20 heavy (non-hydrogen) atoms. The first-order valence-corrected chi connectivity index (χ1v) is 7.00. The van der Waals surface area contributed by atoms with Gasteiger partial charge in [0.1, 0.15) is 0 Å². The topological polar surface area (TPSA) is 60.2 Å². The molecule has 0 spiro atoms. The first kappa shape index (κ1) is 13.3. The van der Waals surface area contributed by atoms with Crippen molar-refractivity contribution in [1.29, 1.82) is 0 Å². The second-order valence-corrected chi connectivity index (χ2v) is 5.08. The Morgan fingerprint density at radius 3 is 2.95 bits per heavy atom. The Hall–Kier alpha value is -1.72. The quantitative estimate of drug-likeness (QED) is 0.924. The summed E-state index contributed by atoms with van der Waals surface area (Å²) in [5.41, 5.74) is 2.16. The predicted octanol–water partition coefficient (Wildman–Crippen LogP) is 2.14. The number of aromatic nitrogens is 2. The van der Waals surface area contributed by atoms with Crippen LogP contribution in [0.5, 0.6) is 0 Å². The summed E-state index contributed by atoms with van der Waals surface area (Å²) in [5, 5.41) is 7.52. The molecule has 2 aromatic rings. The molecule has 0 aliphatic carbocycles. The molecule has 5 nitrogen and oxygen atoms in total. The van der Waals surface area contributed by atoms with Crippen LogP contribution in [0.1, 0.15) is 24.3 Å². The summed E-state index contributed by atoms with van der Waals surface area (Å²) in [6.45, 7) is 6.37. The van der Waals surface area contributed by atoms with Crippen molar-refractivity contribution in [3.05, 3.63) is 35.7 Å². The van der Waals surface area contributed by atoms with Gasteiger partial charge in [-0.25, -0.2) is 0 Å². The fraction of sp³-hybridized carbons (Fsp3) is 0.467. The lowest BCUT2D eigenvalue weighted by molar-refractivity contribution is 0.185. The molecule has 1 saturated heterocycles. The number of aryl methyl sites for hydroxylation is 1. The molecule has 0 radical (unpaired) electrons. The molecule has 1 aromatic heterocycles. The number of benzene rings is 1. The highest BCUT2D eigenvalue weighted by molar-refractivity contribution is 5.59. The lowest BCUT2D eigenvalue weighted by Crippen LogP contribution is -2.34. The standard InChI is InChI=1S/C15H19N3O2/c1-3-16-13-9-19-8-12(13)15-17-14(18-20-15)11-7-5-4-6-10(11)2/h4-7,12-13,16H,3,8-9H2,1-2H3. The van der Waals surface area contributed by atoms with Crippen LogP contribution >= 0.6 is 0 Å². The highest BCUT2D eigenvalue weighted by Crippen LogP contribution is 2.27. The van der Waals surface area contributed by atoms with Crippen LogP contribution in [0.2, 0.25) is 0 Å². The van der Waals surface area contributed by atoms with E-state index in [-0.39, 0.29) is 12.0 Å². The van der Waals surface area contributed by atoms with Crippen molar-refractivity contribution in [2.75, 3.05) is 19.8 Å². The Morgan fingerprint density at radius 2 is 2.15 bits per heavy atom. The van der Waals surface area contributed by atoms with Gasteiger partial charge in [0.15, 0.2) is 0 Å². The van der Waals surface area contributed by atoms with E-state index in [0.29, 0.717) is 24.9 Å². The average molecular weight is 273 g/mol. The minimum Gasteiger partial charge on any atom is -0.379 e. The number of nitrogens with zero attached hydrogens (tertiary/aromatic N) is 2. The van der Waals surface area contributed by atoms with Crippen LogP contribution in [0.3, 0.4) is 0 Å². The molecular formula is C15H19N3O2. The van der Waals surface area contributed by atoms with E-state index in [9.17, 15) is 0 Å². The Morgan fingerprint density at radius 1 is 1.30 bits per heavy atom. The Bertz CT molecular complexity index is 582. The predicted molar refractivity (Wildman–Crippen MR) is 75.5 cm³/mol. The Labute approximate surface area is 118 Å². The van der Waals surface area contributed by atoms with Crippen molar-refractivity contribution in [2.45, 2.75) is 25.8 Å². The van der Waals surface area contributed by atoms with Gasteiger partial charge in [0.05, 0.1) is 19.1 Å². The molecule has 0 saturated carbocycles. The maximum Gasteiger partial charge on any atom is 0.234 e. The van der Waals surface area contributed by atoms with Gasteiger partial charge in [-0.15, -0.1) is 0 Å². The van der Waals surface area contributed by atoms with Crippen LogP contribution in [-0.4, -0.2) is 35.9 Å². The van der Waals surface area contributed by atoms with Gasteiger partial charge in [-0.3, -0.25) is 0 Å². The second-order valence-electron chi connectivity index (χ2n) is 5.08. The summed E-state index contributed by atoms with van der Waals surface area (Å²) < 4.78 is 11.0. The van der Waals surface area contributed by atoms with Gasteiger partial charge >= 0.3 is 0 Å². The third-order valence-corrected chi connectivity index (χ3v) is 3.69. The van der Waals surface area contributed by atoms with E-state index in [1.165, 1.54) is 0 Å². The van der Waals surface area contributed by atoms with Crippen LogP contribution in [0.4, 0.5) is 0 Å².